The van der Waals surface area contributed by atoms with Crippen molar-refractivity contribution < 1.29 is 0 Å². The van der Waals surface area contributed by atoms with Crippen LogP contribution in [0.25, 0.3) is 0 Å². The van der Waals surface area contributed by atoms with Gasteiger partial charge >= 0.3 is 0 Å². The van der Waals surface area contributed by atoms with Crippen molar-refractivity contribution in [2.45, 2.75) is 12.5 Å². The van der Waals surface area contributed by atoms with E-state index in [0.717, 1.165) is 0 Å². The molecule has 0 amide bonds. The van der Waals surface area contributed by atoms with Crippen LogP contribution in [0.5, 0.6) is 0 Å². The van der Waals surface area contributed by atoms with Crippen LogP contribution in [0, 0.1) is 0 Å². The van der Waals surface area contributed by atoms with E-state index >= 15 is 0 Å². The summed E-state index contributed by atoms with van der Waals surface area (Å²) in [7, 11) is 0. The highest BCUT2D eigenvalue weighted by Gasteiger charge is 2.01. The first-order chi connectivity index (χ1) is 4.83. The molecule has 0 saturated heterocycles. The van der Waals surface area contributed by atoms with Crippen molar-refractivity contribution in [3.63, 3.8) is 0 Å². The Balaban J connectivity index is 2.47. The SMILES string of the molecule is C=CC(N)Cc1nnn[nH]1. The minimum Gasteiger partial charge on any atom is -0.324 e. The molecule has 1 rings (SSSR count). The molecule has 1 aromatic rings. The van der Waals surface area contributed by atoms with Crippen molar-refractivity contribution in [1.82, 2.24) is 20.6 Å². The largest absolute Gasteiger partial charge is 0.324 e. The van der Waals surface area contributed by atoms with Gasteiger partial charge in [0.1, 0.15) is 5.82 Å². The van der Waals surface area contributed by atoms with Crippen LogP contribution in [0.2, 0.25) is 0 Å². The van der Waals surface area contributed by atoms with E-state index in [4.69, 9.17) is 5.73 Å². The molecular formula is C5H9N5. The molecule has 5 heteroatoms. The van der Waals surface area contributed by atoms with Gasteiger partial charge in [-0.1, -0.05) is 6.08 Å². The summed E-state index contributed by atoms with van der Waals surface area (Å²) in [6.45, 7) is 3.53. The van der Waals surface area contributed by atoms with E-state index in [0.29, 0.717) is 12.2 Å². The Labute approximate surface area is 58.3 Å². The minimum absolute atomic E-state index is 0.0743. The molecule has 1 unspecified atom stereocenters. The van der Waals surface area contributed by atoms with E-state index in [2.05, 4.69) is 27.2 Å². The van der Waals surface area contributed by atoms with Crippen LogP contribution in [0.1, 0.15) is 5.82 Å². The fraction of sp³-hybridized carbons (Fsp3) is 0.400. The highest BCUT2D eigenvalue weighted by molar-refractivity contribution is 4.91. The number of tetrazole rings is 1. The topological polar surface area (TPSA) is 80.5 Å². The number of hydrogen-bond donors (Lipinski definition) is 2. The third-order valence-corrected chi connectivity index (χ3v) is 1.12. The predicted octanol–water partition coefficient (Wildman–Crippen LogP) is -0.745. The molecule has 0 aliphatic heterocycles. The molecule has 10 heavy (non-hydrogen) atoms. The number of aromatic amines is 1. The Morgan fingerprint density at radius 2 is 2.60 bits per heavy atom. The van der Waals surface area contributed by atoms with Crippen molar-refractivity contribution in [3.8, 4) is 0 Å². The van der Waals surface area contributed by atoms with E-state index in [1.165, 1.54) is 0 Å². The molecule has 0 aromatic carbocycles. The molecule has 1 atom stereocenters. The number of aromatic nitrogens is 4. The van der Waals surface area contributed by atoms with Gasteiger partial charge in [-0.25, -0.2) is 5.10 Å². The molecule has 5 nitrogen and oxygen atoms in total. The maximum Gasteiger partial charge on any atom is 0.150 e. The number of nitrogens with zero attached hydrogens (tertiary/aromatic N) is 3. The van der Waals surface area contributed by atoms with Gasteiger partial charge in [0.05, 0.1) is 0 Å². The fourth-order valence-electron chi connectivity index (χ4n) is 0.572. The lowest BCUT2D eigenvalue weighted by atomic mass is 10.2. The predicted molar refractivity (Wildman–Crippen MR) is 36.1 cm³/mol. The fourth-order valence-corrected chi connectivity index (χ4v) is 0.572. The van der Waals surface area contributed by atoms with Gasteiger partial charge in [-0.05, 0) is 10.4 Å². The standard InChI is InChI=1S/C5H9N5/c1-2-4(6)3-5-7-9-10-8-5/h2,4H,1,3,6H2,(H,7,8,9,10). The highest BCUT2D eigenvalue weighted by Crippen LogP contribution is 1.90. The Kier molecular flexibility index (Phi) is 2.11. The summed E-state index contributed by atoms with van der Waals surface area (Å²) >= 11 is 0. The number of rotatable bonds is 3. The zero-order valence-electron chi connectivity index (χ0n) is 5.49. The summed E-state index contributed by atoms with van der Waals surface area (Å²) in [5.74, 6) is 0.687. The Hall–Kier alpha value is -1.23. The van der Waals surface area contributed by atoms with Crippen molar-refractivity contribution >= 4 is 0 Å². The van der Waals surface area contributed by atoms with Crippen LogP contribution in [-0.4, -0.2) is 26.7 Å². The molecule has 1 aromatic heterocycles. The maximum absolute atomic E-state index is 5.53. The summed E-state index contributed by atoms with van der Waals surface area (Å²) in [6, 6.07) is -0.0743. The van der Waals surface area contributed by atoms with Crippen LogP contribution in [0.4, 0.5) is 0 Å². The zero-order chi connectivity index (χ0) is 7.40. The molecule has 0 aliphatic carbocycles. The van der Waals surface area contributed by atoms with Crippen LogP contribution < -0.4 is 5.73 Å². The molecule has 54 valence electrons. The molecular weight excluding hydrogens is 130 g/mol. The monoisotopic (exact) mass is 139 g/mol. The molecule has 0 saturated carbocycles. The first-order valence-corrected chi connectivity index (χ1v) is 2.93. The van der Waals surface area contributed by atoms with Crippen molar-refractivity contribution in [1.29, 1.82) is 0 Å². The molecule has 1 heterocycles. The highest BCUT2D eigenvalue weighted by atomic mass is 15.5. The Bertz CT molecular complexity index is 192. The van der Waals surface area contributed by atoms with Gasteiger partial charge in [0, 0.05) is 12.5 Å². The number of nitrogens with one attached hydrogen (secondary N) is 1. The lowest BCUT2D eigenvalue weighted by molar-refractivity contribution is 0.763. The molecule has 0 aliphatic rings. The lowest BCUT2D eigenvalue weighted by Crippen LogP contribution is -2.20. The average Bonchev–Trinajstić information content (AvgIpc) is 2.40. The van der Waals surface area contributed by atoms with Crippen LogP contribution >= 0.6 is 0 Å². The summed E-state index contributed by atoms with van der Waals surface area (Å²) in [6.07, 6.45) is 2.26. The van der Waals surface area contributed by atoms with Gasteiger partial charge in [-0.2, -0.15) is 0 Å². The molecule has 0 fully saturated rings. The van der Waals surface area contributed by atoms with Crippen LogP contribution in [0.3, 0.4) is 0 Å². The third kappa shape index (κ3) is 1.63. The van der Waals surface area contributed by atoms with Gasteiger partial charge in [0.2, 0.25) is 0 Å². The van der Waals surface area contributed by atoms with Gasteiger partial charge in [-0.3, -0.25) is 0 Å². The van der Waals surface area contributed by atoms with Crippen LogP contribution in [0.15, 0.2) is 12.7 Å². The van der Waals surface area contributed by atoms with E-state index in [-0.39, 0.29) is 6.04 Å². The smallest absolute Gasteiger partial charge is 0.150 e. The number of hydrogen-bond acceptors (Lipinski definition) is 4. The van der Waals surface area contributed by atoms with Gasteiger partial charge in [0.25, 0.3) is 0 Å². The summed E-state index contributed by atoms with van der Waals surface area (Å²) in [5, 5.41) is 13.1. The number of H-pyrrole nitrogens is 1. The maximum atomic E-state index is 5.53. The van der Waals surface area contributed by atoms with Gasteiger partial charge in [0.15, 0.2) is 0 Å². The van der Waals surface area contributed by atoms with Gasteiger partial charge < -0.3 is 5.73 Å². The van der Waals surface area contributed by atoms with E-state index in [1.54, 1.807) is 6.08 Å². The molecule has 0 radical (unpaired) electrons. The minimum atomic E-state index is -0.0743. The van der Waals surface area contributed by atoms with E-state index < -0.39 is 0 Å². The second-order valence-electron chi connectivity index (χ2n) is 1.95. The average molecular weight is 139 g/mol. The molecule has 0 spiro atoms. The normalized spacial score (nSPS) is 12.9. The first kappa shape index (κ1) is 6.88. The summed E-state index contributed by atoms with van der Waals surface area (Å²) in [5.41, 5.74) is 5.53. The second kappa shape index (κ2) is 3.07. The zero-order valence-corrected chi connectivity index (χ0v) is 5.49. The summed E-state index contributed by atoms with van der Waals surface area (Å²) in [4.78, 5) is 0. The van der Waals surface area contributed by atoms with Crippen molar-refractivity contribution in [3.05, 3.63) is 18.5 Å². The second-order valence-corrected chi connectivity index (χ2v) is 1.95. The number of nitrogens with two attached hydrogens (primary N) is 1. The summed E-state index contributed by atoms with van der Waals surface area (Å²) < 4.78 is 0. The molecule has 3 N–H and O–H groups in total. The first-order valence-electron chi connectivity index (χ1n) is 2.93. The quantitative estimate of drug-likeness (QED) is 0.540. The van der Waals surface area contributed by atoms with Crippen LogP contribution in [-0.2, 0) is 6.42 Å². The van der Waals surface area contributed by atoms with Crippen molar-refractivity contribution in [2.75, 3.05) is 0 Å². The van der Waals surface area contributed by atoms with E-state index in [9.17, 15) is 0 Å². The lowest BCUT2D eigenvalue weighted by Gasteiger charge is -1.99. The van der Waals surface area contributed by atoms with Crippen molar-refractivity contribution in [2.24, 2.45) is 5.73 Å². The molecule has 0 bridgehead atoms. The van der Waals surface area contributed by atoms with Gasteiger partial charge in [-0.15, -0.1) is 11.7 Å². The Morgan fingerprint density at radius 3 is 3.10 bits per heavy atom. The van der Waals surface area contributed by atoms with E-state index in [1.807, 2.05) is 0 Å². The third-order valence-electron chi connectivity index (χ3n) is 1.12. The Morgan fingerprint density at radius 1 is 1.80 bits per heavy atom.